The summed E-state index contributed by atoms with van der Waals surface area (Å²) in [4.78, 5) is 0. The van der Waals surface area contributed by atoms with Gasteiger partial charge in [-0.3, -0.25) is 0 Å². The summed E-state index contributed by atoms with van der Waals surface area (Å²) in [5, 5.41) is 9.47. The first-order chi connectivity index (χ1) is 7.63. The molecule has 0 aromatic heterocycles. The Kier molecular flexibility index (Phi) is 6.72. The third-order valence-electron chi connectivity index (χ3n) is 2.38. The van der Waals surface area contributed by atoms with E-state index in [9.17, 15) is 5.11 Å². The fourth-order valence-corrected chi connectivity index (χ4v) is 1.61. The second-order valence-corrected chi connectivity index (χ2v) is 3.45. The Morgan fingerprint density at radius 2 is 1.71 bits per heavy atom. The number of aromatic hydroxyl groups is 1. The average Bonchev–Trinajstić information content (AvgIpc) is 2.27. The van der Waals surface area contributed by atoms with E-state index < -0.39 is 0 Å². The van der Waals surface area contributed by atoms with Crippen LogP contribution in [0, 0.1) is 0 Å². The van der Waals surface area contributed by atoms with Gasteiger partial charge in [-0.2, -0.15) is 0 Å². The zero-order valence-corrected chi connectivity index (χ0v) is 10.8. The molecule has 0 heterocycles. The fraction of sp³-hybridized carbons (Fsp3) is 0.455. The number of nitrogens with two attached hydrogens (primary N) is 2. The molecule has 6 heteroatoms. The minimum atomic E-state index is -0.268. The summed E-state index contributed by atoms with van der Waals surface area (Å²) >= 11 is 0. The first kappa shape index (κ1) is 15.8. The van der Waals surface area contributed by atoms with Gasteiger partial charge in [-0.1, -0.05) is 0 Å². The van der Waals surface area contributed by atoms with Gasteiger partial charge in [-0.15, -0.1) is 12.4 Å². The van der Waals surface area contributed by atoms with Crippen LogP contribution >= 0.6 is 12.4 Å². The Morgan fingerprint density at radius 3 is 2.06 bits per heavy atom. The highest BCUT2D eigenvalue weighted by atomic mass is 35.5. The molecule has 0 fully saturated rings. The van der Waals surface area contributed by atoms with Crippen molar-refractivity contribution in [1.82, 2.24) is 0 Å². The van der Waals surface area contributed by atoms with Crippen molar-refractivity contribution in [1.29, 1.82) is 0 Å². The van der Waals surface area contributed by atoms with Crippen LogP contribution in [-0.4, -0.2) is 25.9 Å². The molecular formula is C11H19ClN2O3. The topological polar surface area (TPSA) is 90.7 Å². The van der Waals surface area contributed by atoms with E-state index in [1.807, 2.05) is 0 Å². The van der Waals surface area contributed by atoms with Crippen molar-refractivity contribution in [2.45, 2.75) is 12.5 Å². The molecule has 0 spiro atoms. The number of methoxy groups -OCH3 is 2. The first-order valence-electron chi connectivity index (χ1n) is 5.04. The van der Waals surface area contributed by atoms with Crippen molar-refractivity contribution in [2.75, 3.05) is 20.8 Å². The highest BCUT2D eigenvalue weighted by Gasteiger charge is 2.18. The average molecular weight is 263 g/mol. The van der Waals surface area contributed by atoms with Crippen LogP contribution in [0.2, 0.25) is 0 Å². The molecule has 0 aliphatic heterocycles. The predicted molar refractivity (Wildman–Crippen MR) is 69.1 cm³/mol. The second-order valence-electron chi connectivity index (χ2n) is 3.45. The summed E-state index contributed by atoms with van der Waals surface area (Å²) in [5.74, 6) is 1.10. The SMILES string of the molecule is COc1cc(O)cc(OC)c1[C@@H](N)CCN.Cl. The number of hydrogen-bond acceptors (Lipinski definition) is 5. The maximum absolute atomic E-state index is 9.47. The lowest BCUT2D eigenvalue weighted by Gasteiger charge is -2.18. The van der Waals surface area contributed by atoms with Crippen molar-refractivity contribution >= 4 is 12.4 Å². The Labute approximate surface area is 107 Å². The molecule has 1 atom stereocenters. The predicted octanol–water partition coefficient (Wildman–Crippen LogP) is 1.18. The largest absolute Gasteiger partial charge is 0.508 e. The number of hydrogen-bond donors (Lipinski definition) is 3. The Bertz CT molecular complexity index is 336. The number of benzene rings is 1. The van der Waals surface area contributed by atoms with Gasteiger partial charge >= 0.3 is 0 Å². The molecule has 0 aliphatic rings. The van der Waals surface area contributed by atoms with E-state index in [1.165, 1.54) is 26.4 Å². The minimum absolute atomic E-state index is 0. The van der Waals surface area contributed by atoms with Gasteiger partial charge in [-0.05, 0) is 13.0 Å². The molecule has 0 saturated heterocycles. The fourth-order valence-electron chi connectivity index (χ4n) is 1.61. The van der Waals surface area contributed by atoms with Crippen molar-refractivity contribution in [3.05, 3.63) is 17.7 Å². The van der Waals surface area contributed by atoms with Crippen LogP contribution in [0.25, 0.3) is 0 Å². The van der Waals surface area contributed by atoms with Crippen molar-refractivity contribution in [2.24, 2.45) is 11.5 Å². The van der Waals surface area contributed by atoms with Gasteiger partial charge in [0.1, 0.15) is 17.2 Å². The third kappa shape index (κ3) is 3.66. The molecule has 0 amide bonds. The summed E-state index contributed by atoms with van der Waals surface area (Å²) in [5.41, 5.74) is 12.2. The number of ether oxygens (including phenoxy) is 2. The van der Waals surface area contributed by atoms with E-state index in [4.69, 9.17) is 20.9 Å². The second kappa shape index (κ2) is 7.21. The lowest BCUT2D eigenvalue weighted by Crippen LogP contribution is -2.17. The maximum atomic E-state index is 9.47. The van der Waals surface area contributed by atoms with Gasteiger partial charge in [0.05, 0.1) is 19.8 Å². The summed E-state index contributed by atoms with van der Waals surface area (Å²) in [6, 6.07) is 2.75. The highest BCUT2D eigenvalue weighted by molar-refractivity contribution is 5.85. The van der Waals surface area contributed by atoms with Gasteiger partial charge in [0.25, 0.3) is 0 Å². The van der Waals surface area contributed by atoms with E-state index >= 15 is 0 Å². The van der Waals surface area contributed by atoms with Crippen LogP contribution in [0.4, 0.5) is 0 Å². The first-order valence-corrected chi connectivity index (χ1v) is 5.04. The quantitative estimate of drug-likeness (QED) is 0.741. The van der Waals surface area contributed by atoms with Crippen LogP contribution in [0.15, 0.2) is 12.1 Å². The monoisotopic (exact) mass is 262 g/mol. The Morgan fingerprint density at radius 1 is 1.24 bits per heavy atom. The Hall–Kier alpha value is -1.17. The molecule has 0 aliphatic carbocycles. The molecule has 17 heavy (non-hydrogen) atoms. The van der Waals surface area contributed by atoms with Crippen LogP contribution in [-0.2, 0) is 0 Å². The van der Waals surface area contributed by atoms with Gasteiger partial charge in [0, 0.05) is 18.2 Å². The minimum Gasteiger partial charge on any atom is -0.508 e. The zero-order valence-electron chi connectivity index (χ0n) is 9.97. The maximum Gasteiger partial charge on any atom is 0.131 e. The third-order valence-corrected chi connectivity index (χ3v) is 2.38. The molecule has 0 bridgehead atoms. The summed E-state index contributed by atoms with van der Waals surface area (Å²) < 4.78 is 10.4. The molecule has 0 radical (unpaired) electrons. The van der Waals surface area contributed by atoms with E-state index in [0.29, 0.717) is 24.5 Å². The summed E-state index contributed by atoms with van der Waals surface area (Å²) in [6.45, 7) is 0.481. The van der Waals surface area contributed by atoms with E-state index in [0.717, 1.165) is 5.56 Å². The smallest absolute Gasteiger partial charge is 0.131 e. The van der Waals surface area contributed by atoms with Gasteiger partial charge < -0.3 is 26.0 Å². The number of rotatable bonds is 5. The number of phenols is 1. The van der Waals surface area contributed by atoms with E-state index in [1.54, 1.807) is 0 Å². The van der Waals surface area contributed by atoms with E-state index in [-0.39, 0.29) is 24.2 Å². The normalized spacial score (nSPS) is 11.5. The van der Waals surface area contributed by atoms with Crippen LogP contribution in [0.3, 0.4) is 0 Å². The van der Waals surface area contributed by atoms with Gasteiger partial charge in [0.15, 0.2) is 0 Å². The van der Waals surface area contributed by atoms with Crippen LogP contribution in [0.1, 0.15) is 18.0 Å². The summed E-state index contributed by atoms with van der Waals surface area (Å²) in [6.07, 6.45) is 0.623. The summed E-state index contributed by atoms with van der Waals surface area (Å²) in [7, 11) is 3.04. The molecule has 5 N–H and O–H groups in total. The zero-order chi connectivity index (χ0) is 12.1. The molecule has 1 aromatic rings. The molecule has 1 rings (SSSR count). The number of phenolic OH excluding ortho intramolecular Hbond substituents is 1. The van der Waals surface area contributed by atoms with E-state index in [2.05, 4.69) is 0 Å². The molecule has 1 aromatic carbocycles. The molecule has 0 unspecified atom stereocenters. The lowest BCUT2D eigenvalue weighted by molar-refractivity contribution is 0.369. The standard InChI is InChI=1S/C11H18N2O3.ClH/c1-15-9-5-7(14)6-10(16-2)11(9)8(13)3-4-12;/h5-6,8,14H,3-4,12-13H2,1-2H3;1H/t8-;/m0./s1. The van der Waals surface area contributed by atoms with Crippen molar-refractivity contribution in [3.8, 4) is 17.2 Å². The number of halogens is 1. The van der Waals surface area contributed by atoms with Gasteiger partial charge in [-0.25, -0.2) is 0 Å². The Balaban J connectivity index is 0.00000256. The molecule has 98 valence electrons. The van der Waals surface area contributed by atoms with Crippen LogP contribution < -0.4 is 20.9 Å². The lowest BCUT2D eigenvalue weighted by atomic mass is 10.0. The van der Waals surface area contributed by atoms with Gasteiger partial charge in [0.2, 0.25) is 0 Å². The van der Waals surface area contributed by atoms with Crippen molar-refractivity contribution in [3.63, 3.8) is 0 Å². The molecule has 5 nitrogen and oxygen atoms in total. The molecule has 0 saturated carbocycles. The highest BCUT2D eigenvalue weighted by Crippen LogP contribution is 2.37. The molecular weight excluding hydrogens is 244 g/mol. The van der Waals surface area contributed by atoms with Crippen LogP contribution in [0.5, 0.6) is 17.2 Å². The van der Waals surface area contributed by atoms with Crippen molar-refractivity contribution < 1.29 is 14.6 Å².